The molecule has 1 saturated carbocycles. The summed E-state index contributed by atoms with van der Waals surface area (Å²) in [5, 5.41) is 5.97. The standard InChI is InChI=1S/C22H35N3O2/c1-16(2)25(17(3)4)14-13-23-21(26)19-11-8-12-20(15-19)24-22(27)18-9-6-5-7-10-18/h8,11-12,15-18H,5-7,9-10,13-14H2,1-4H3,(H,23,26)(H,24,27). The van der Waals surface area contributed by atoms with E-state index in [4.69, 9.17) is 0 Å². The highest BCUT2D eigenvalue weighted by Crippen LogP contribution is 2.25. The highest BCUT2D eigenvalue weighted by Gasteiger charge is 2.21. The van der Waals surface area contributed by atoms with E-state index in [0.717, 1.165) is 32.2 Å². The molecular formula is C22H35N3O2. The topological polar surface area (TPSA) is 61.4 Å². The first-order chi connectivity index (χ1) is 12.9. The fraction of sp³-hybridized carbons (Fsp3) is 0.636. The van der Waals surface area contributed by atoms with Crippen molar-refractivity contribution in [3.8, 4) is 0 Å². The molecular weight excluding hydrogens is 338 g/mol. The van der Waals surface area contributed by atoms with Gasteiger partial charge < -0.3 is 10.6 Å². The Morgan fingerprint density at radius 3 is 2.37 bits per heavy atom. The number of hydrogen-bond acceptors (Lipinski definition) is 3. The minimum Gasteiger partial charge on any atom is -0.351 e. The highest BCUT2D eigenvalue weighted by molar-refractivity contribution is 5.97. The lowest BCUT2D eigenvalue weighted by Gasteiger charge is -2.30. The van der Waals surface area contributed by atoms with Crippen molar-refractivity contribution in [1.82, 2.24) is 10.2 Å². The third-order valence-electron chi connectivity index (χ3n) is 5.35. The minimum atomic E-state index is -0.101. The summed E-state index contributed by atoms with van der Waals surface area (Å²) in [5.74, 6) is 0.0854. The molecule has 0 aromatic heterocycles. The Bertz CT molecular complexity index is 614. The molecule has 1 aliphatic carbocycles. The van der Waals surface area contributed by atoms with Gasteiger partial charge in [-0.25, -0.2) is 0 Å². The van der Waals surface area contributed by atoms with Crippen LogP contribution in [0.25, 0.3) is 0 Å². The zero-order chi connectivity index (χ0) is 19.8. The normalized spacial score (nSPS) is 15.4. The van der Waals surface area contributed by atoms with Crippen LogP contribution in [0.3, 0.4) is 0 Å². The Morgan fingerprint density at radius 2 is 1.74 bits per heavy atom. The van der Waals surface area contributed by atoms with Gasteiger partial charge in [0.15, 0.2) is 0 Å². The van der Waals surface area contributed by atoms with Gasteiger partial charge in [0.2, 0.25) is 5.91 Å². The number of benzene rings is 1. The van der Waals surface area contributed by atoms with Crippen molar-refractivity contribution in [3.63, 3.8) is 0 Å². The molecule has 0 atom stereocenters. The van der Waals surface area contributed by atoms with Gasteiger partial charge in [-0.05, 0) is 58.7 Å². The fourth-order valence-electron chi connectivity index (χ4n) is 3.86. The molecule has 5 heteroatoms. The number of hydrogen-bond donors (Lipinski definition) is 2. The van der Waals surface area contributed by atoms with E-state index in [2.05, 4.69) is 43.2 Å². The van der Waals surface area contributed by atoms with E-state index < -0.39 is 0 Å². The molecule has 2 N–H and O–H groups in total. The number of nitrogens with zero attached hydrogens (tertiary/aromatic N) is 1. The van der Waals surface area contributed by atoms with Gasteiger partial charge in [-0.3, -0.25) is 14.5 Å². The van der Waals surface area contributed by atoms with Crippen molar-refractivity contribution in [2.24, 2.45) is 5.92 Å². The van der Waals surface area contributed by atoms with Crippen LogP contribution in [-0.4, -0.2) is 41.9 Å². The monoisotopic (exact) mass is 373 g/mol. The summed E-state index contributed by atoms with van der Waals surface area (Å²) in [5.41, 5.74) is 1.28. The largest absolute Gasteiger partial charge is 0.351 e. The maximum absolute atomic E-state index is 12.5. The van der Waals surface area contributed by atoms with Gasteiger partial charge in [0, 0.05) is 42.3 Å². The highest BCUT2D eigenvalue weighted by atomic mass is 16.2. The second kappa shape index (κ2) is 10.5. The van der Waals surface area contributed by atoms with Gasteiger partial charge in [0.05, 0.1) is 0 Å². The van der Waals surface area contributed by atoms with E-state index in [0.29, 0.717) is 29.9 Å². The zero-order valence-electron chi connectivity index (χ0n) is 17.3. The quantitative estimate of drug-likeness (QED) is 0.722. The SMILES string of the molecule is CC(C)N(CCNC(=O)c1cccc(NC(=O)C2CCCCC2)c1)C(C)C. The Labute approximate surface area is 163 Å². The van der Waals surface area contributed by atoms with Crippen LogP contribution >= 0.6 is 0 Å². The lowest BCUT2D eigenvalue weighted by Crippen LogP contribution is -2.42. The van der Waals surface area contributed by atoms with Crippen LogP contribution in [0.4, 0.5) is 5.69 Å². The molecule has 2 rings (SSSR count). The maximum atomic E-state index is 12.5. The molecule has 0 bridgehead atoms. The third-order valence-corrected chi connectivity index (χ3v) is 5.35. The molecule has 2 amide bonds. The fourth-order valence-corrected chi connectivity index (χ4v) is 3.86. The van der Waals surface area contributed by atoms with Crippen LogP contribution in [0.1, 0.15) is 70.2 Å². The molecule has 0 unspecified atom stereocenters. The molecule has 0 aliphatic heterocycles. The summed E-state index contributed by atoms with van der Waals surface area (Å²) < 4.78 is 0. The number of nitrogens with one attached hydrogen (secondary N) is 2. The second-order valence-electron chi connectivity index (χ2n) is 8.09. The number of carbonyl (C=O) groups excluding carboxylic acids is 2. The Balaban J connectivity index is 1.88. The van der Waals surface area contributed by atoms with Gasteiger partial charge in [-0.2, -0.15) is 0 Å². The molecule has 0 heterocycles. The van der Waals surface area contributed by atoms with Gasteiger partial charge >= 0.3 is 0 Å². The van der Waals surface area contributed by atoms with Crippen LogP contribution in [0.2, 0.25) is 0 Å². The summed E-state index contributed by atoms with van der Waals surface area (Å²) in [4.78, 5) is 27.2. The van der Waals surface area contributed by atoms with Crippen LogP contribution in [-0.2, 0) is 4.79 Å². The second-order valence-corrected chi connectivity index (χ2v) is 8.09. The summed E-state index contributed by atoms with van der Waals surface area (Å²) >= 11 is 0. The van der Waals surface area contributed by atoms with Gasteiger partial charge in [0.1, 0.15) is 0 Å². The van der Waals surface area contributed by atoms with Gasteiger partial charge in [-0.1, -0.05) is 25.3 Å². The van der Waals surface area contributed by atoms with E-state index in [-0.39, 0.29) is 17.7 Å². The molecule has 150 valence electrons. The molecule has 0 spiro atoms. The van der Waals surface area contributed by atoms with E-state index in [1.807, 2.05) is 12.1 Å². The van der Waals surface area contributed by atoms with Crippen molar-refractivity contribution >= 4 is 17.5 Å². The van der Waals surface area contributed by atoms with Crippen molar-refractivity contribution in [2.45, 2.75) is 71.9 Å². The Hall–Kier alpha value is -1.88. The number of rotatable bonds is 8. The number of anilines is 1. The van der Waals surface area contributed by atoms with Gasteiger partial charge in [0.25, 0.3) is 5.91 Å². The van der Waals surface area contributed by atoms with E-state index in [9.17, 15) is 9.59 Å². The van der Waals surface area contributed by atoms with Crippen molar-refractivity contribution in [1.29, 1.82) is 0 Å². The summed E-state index contributed by atoms with van der Waals surface area (Å²) in [6.45, 7) is 10.1. The van der Waals surface area contributed by atoms with Crippen molar-refractivity contribution in [2.75, 3.05) is 18.4 Å². The third kappa shape index (κ3) is 6.65. The first-order valence-corrected chi connectivity index (χ1v) is 10.3. The summed E-state index contributed by atoms with van der Waals surface area (Å²) in [6.07, 6.45) is 5.42. The molecule has 27 heavy (non-hydrogen) atoms. The molecule has 1 fully saturated rings. The smallest absolute Gasteiger partial charge is 0.251 e. The molecule has 0 saturated heterocycles. The molecule has 5 nitrogen and oxygen atoms in total. The number of amides is 2. The average Bonchev–Trinajstić information content (AvgIpc) is 2.65. The number of carbonyl (C=O) groups is 2. The van der Waals surface area contributed by atoms with Crippen LogP contribution in [0.15, 0.2) is 24.3 Å². The molecule has 1 aliphatic rings. The van der Waals surface area contributed by atoms with Crippen molar-refractivity contribution in [3.05, 3.63) is 29.8 Å². The molecule has 1 aromatic carbocycles. The Morgan fingerprint density at radius 1 is 1.07 bits per heavy atom. The predicted octanol–water partition coefficient (Wildman–Crippen LogP) is 4.05. The van der Waals surface area contributed by atoms with E-state index >= 15 is 0 Å². The van der Waals surface area contributed by atoms with Crippen LogP contribution < -0.4 is 10.6 Å². The Kier molecular flexibility index (Phi) is 8.29. The maximum Gasteiger partial charge on any atom is 0.251 e. The molecule has 1 aromatic rings. The summed E-state index contributed by atoms with van der Waals surface area (Å²) in [7, 11) is 0. The molecule has 0 radical (unpaired) electrons. The van der Waals surface area contributed by atoms with Crippen LogP contribution in [0.5, 0.6) is 0 Å². The average molecular weight is 374 g/mol. The van der Waals surface area contributed by atoms with E-state index in [1.165, 1.54) is 6.42 Å². The first-order valence-electron chi connectivity index (χ1n) is 10.3. The van der Waals surface area contributed by atoms with Crippen molar-refractivity contribution < 1.29 is 9.59 Å². The van der Waals surface area contributed by atoms with Gasteiger partial charge in [-0.15, -0.1) is 0 Å². The minimum absolute atomic E-state index is 0.0803. The van der Waals surface area contributed by atoms with E-state index in [1.54, 1.807) is 12.1 Å². The zero-order valence-corrected chi connectivity index (χ0v) is 17.3. The summed E-state index contributed by atoms with van der Waals surface area (Å²) in [6, 6.07) is 8.10. The predicted molar refractivity (Wildman–Crippen MR) is 111 cm³/mol. The van der Waals surface area contributed by atoms with Crippen LogP contribution in [0, 0.1) is 5.92 Å². The lowest BCUT2D eigenvalue weighted by atomic mass is 9.88. The lowest BCUT2D eigenvalue weighted by molar-refractivity contribution is -0.120. The first kappa shape index (κ1) is 21.4.